The lowest BCUT2D eigenvalue weighted by molar-refractivity contribution is -0.304. The summed E-state index contributed by atoms with van der Waals surface area (Å²) >= 11 is 11.6. The second-order valence-electron chi connectivity index (χ2n) is 5.14. The fraction of sp³-hybridized carbons (Fsp3) is 0.111. The molecule has 124 valence electrons. The van der Waals surface area contributed by atoms with Crippen molar-refractivity contribution in [1.82, 2.24) is 0 Å². The first-order chi connectivity index (χ1) is 11.4. The number of rotatable bonds is 6. The molecule has 0 atom stereocenters. The van der Waals surface area contributed by atoms with Crippen LogP contribution >= 0.6 is 23.2 Å². The van der Waals surface area contributed by atoms with E-state index in [-0.39, 0.29) is 24.0 Å². The molecule has 0 amide bonds. The van der Waals surface area contributed by atoms with Gasteiger partial charge in [0.05, 0.1) is 11.9 Å². The van der Waals surface area contributed by atoms with Crippen molar-refractivity contribution in [2.45, 2.75) is 12.8 Å². The number of carbonyl (C=O) groups is 2. The van der Waals surface area contributed by atoms with Crippen LogP contribution in [0.2, 0.25) is 10.0 Å². The molecule has 0 aromatic heterocycles. The second kappa shape index (κ2) is 7.99. The number of carbonyl (C=O) groups excluding carboxylic acids is 2. The minimum atomic E-state index is -1.54. The number of benzene rings is 2. The third kappa shape index (κ3) is 4.85. The van der Waals surface area contributed by atoms with Crippen LogP contribution in [0.5, 0.6) is 0 Å². The smallest absolute Gasteiger partial charge is 0.0681 e. The summed E-state index contributed by atoms with van der Waals surface area (Å²) in [5, 5.41) is 23.9. The normalized spacial score (nSPS) is 11.8. The molecular formula is C18H12Cl2O4-2. The fourth-order valence-electron chi connectivity index (χ4n) is 2.22. The van der Waals surface area contributed by atoms with Crippen molar-refractivity contribution >= 4 is 35.1 Å². The highest BCUT2D eigenvalue weighted by molar-refractivity contribution is 6.30. The molecule has 0 N–H and O–H groups in total. The van der Waals surface area contributed by atoms with Gasteiger partial charge in [-0.1, -0.05) is 47.5 Å². The molecule has 2 aromatic rings. The third-order valence-electron chi connectivity index (χ3n) is 3.45. The highest BCUT2D eigenvalue weighted by Gasteiger charge is 2.12. The molecule has 0 aliphatic carbocycles. The van der Waals surface area contributed by atoms with Gasteiger partial charge in [-0.25, -0.2) is 0 Å². The maximum absolute atomic E-state index is 11.5. The highest BCUT2D eigenvalue weighted by atomic mass is 35.5. The Hall–Kier alpha value is -2.30. The summed E-state index contributed by atoms with van der Waals surface area (Å²) in [7, 11) is 0. The monoisotopic (exact) mass is 362 g/mol. The van der Waals surface area contributed by atoms with Crippen molar-refractivity contribution in [2.75, 3.05) is 0 Å². The topological polar surface area (TPSA) is 80.3 Å². The van der Waals surface area contributed by atoms with Gasteiger partial charge in [-0.3, -0.25) is 0 Å². The molecule has 4 nitrogen and oxygen atoms in total. The second-order valence-corrected chi connectivity index (χ2v) is 6.01. The Bertz CT molecular complexity index is 710. The average Bonchev–Trinajstić information content (AvgIpc) is 2.54. The van der Waals surface area contributed by atoms with Crippen LogP contribution in [-0.2, 0) is 22.4 Å². The molecular weight excluding hydrogens is 351 g/mol. The molecule has 0 unspecified atom stereocenters. The van der Waals surface area contributed by atoms with E-state index in [2.05, 4.69) is 0 Å². The van der Waals surface area contributed by atoms with Crippen molar-refractivity contribution in [2.24, 2.45) is 0 Å². The van der Waals surface area contributed by atoms with Gasteiger partial charge in [0.15, 0.2) is 0 Å². The van der Waals surface area contributed by atoms with Crippen LogP contribution in [0.4, 0.5) is 0 Å². The zero-order valence-electron chi connectivity index (χ0n) is 12.4. The summed E-state index contributed by atoms with van der Waals surface area (Å²) in [5.74, 6) is -3.09. The minimum Gasteiger partial charge on any atom is -0.545 e. The van der Waals surface area contributed by atoms with E-state index >= 15 is 0 Å². The van der Waals surface area contributed by atoms with Crippen LogP contribution in [-0.4, -0.2) is 11.9 Å². The predicted octanol–water partition coefficient (Wildman–Crippen LogP) is 1.57. The van der Waals surface area contributed by atoms with E-state index in [0.29, 0.717) is 21.2 Å². The molecule has 24 heavy (non-hydrogen) atoms. The molecule has 0 bridgehead atoms. The first-order valence-corrected chi connectivity index (χ1v) is 7.76. The Morgan fingerprint density at radius 1 is 0.667 bits per heavy atom. The molecule has 0 fully saturated rings. The molecule has 0 aliphatic heterocycles. The summed E-state index contributed by atoms with van der Waals surface area (Å²) in [6.07, 6.45) is -0.202. The number of carboxylic acid groups (broad SMARTS) is 2. The van der Waals surface area contributed by atoms with E-state index in [0.717, 1.165) is 0 Å². The summed E-state index contributed by atoms with van der Waals surface area (Å²) in [4.78, 5) is 22.9. The molecule has 2 aromatic carbocycles. The Balaban J connectivity index is 2.39. The summed E-state index contributed by atoms with van der Waals surface area (Å²) in [6.45, 7) is 0. The van der Waals surface area contributed by atoms with Crippen molar-refractivity contribution < 1.29 is 19.8 Å². The number of hydrogen-bond acceptors (Lipinski definition) is 4. The Labute approximate surface area is 149 Å². The summed E-state index contributed by atoms with van der Waals surface area (Å²) < 4.78 is 0. The predicted molar refractivity (Wildman–Crippen MR) is 87.4 cm³/mol. The molecule has 0 spiro atoms. The lowest BCUT2D eigenvalue weighted by atomic mass is 9.95. The first kappa shape index (κ1) is 18.0. The van der Waals surface area contributed by atoms with Gasteiger partial charge in [-0.2, -0.15) is 0 Å². The maximum atomic E-state index is 11.5. The van der Waals surface area contributed by atoms with Crippen molar-refractivity contribution in [1.29, 1.82) is 0 Å². The zero-order valence-corrected chi connectivity index (χ0v) is 13.9. The molecule has 2 rings (SSSR count). The van der Waals surface area contributed by atoms with Crippen molar-refractivity contribution in [3.8, 4) is 0 Å². The quantitative estimate of drug-likeness (QED) is 0.730. The van der Waals surface area contributed by atoms with Crippen LogP contribution in [0.15, 0.2) is 59.7 Å². The Morgan fingerprint density at radius 2 is 0.958 bits per heavy atom. The number of carboxylic acids is 2. The van der Waals surface area contributed by atoms with Gasteiger partial charge in [0.2, 0.25) is 0 Å². The number of hydrogen-bond donors (Lipinski definition) is 0. The Kier molecular flexibility index (Phi) is 6.01. The van der Waals surface area contributed by atoms with Gasteiger partial charge in [0, 0.05) is 10.0 Å². The van der Waals surface area contributed by atoms with Gasteiger partial charge in [-0.05, 0) is 59.4 Å². The fourth-order valence-corrected chi connectivity index (χ4v) is 2.47. The lowest BCUT2D eigenvalue weighted by Gasteiger charge is -2.18. The average molecular weight is 363 g/mol. The maximum Gasteiger partial charge on any atom is 0.0681 e. The summed E-state index contributed by atoms with van der Waals surface area (Å²) in [6, 6.07) is 12.9. The van der Waals surface area contributed by atoms with Crippen LogP contribution in [0.25, 0.3) is 0 Å². The van der Waals surface area contributed by atoms with E-state index in [1.165, 1.54) is 0 Å². The van der Waals surface area contributed by atoms with E-state index in [4.69, 9.17) is 23.2 Å². The molecule has 0 saturated heterocycles. The highest BCUT2D eigenvalue weighted by Crippen LogP contribution is 2.19. The first-order valence-electron chi connectivity index (χ1n) is 7.00. The number of aliphatic carboxylic acids is 2. The van der Waals surface area contributed by atoms with Crippen LogP contribution < -0.4 is 10.2 Å². The van der Waals surface area contributed by atoms with E-state index < -0.39 is 11.9 Å². The van der Waals surface area contributed by atoms with Crippen molar-refractivity contribution in [3.63, 3.8) is 0 Å². The third-order valence-corrected chi connectivity index (χ3v) is 3.95. The Morgan fingerprint density at radius 3 is 1.21 bits per heavy atom. The van der Waals surface area contributed by atoms with Gasteiger partial charge in [-0.15, -0.1) is 0 Å². The van der Waals surface area contributed by atoms with Crippen LogP contribution in [0.1, 0.15) is 11.1 Å². The SMILES string of the molecule is O=C([O-])/C(Cc1ccc(Cl)cc1)=C(/Cc1ccc(Cl)cc1)C(=O)[O-]. The molecule has 6 heteroatoms. The summed E-state index contributed by atoms with van der Waals surface area (Å²) in [5.41, 5.74) is 0.557. The number of halogens is 2. The van der Waals surface area contributed by atoms with Gasteiger partial charge >= 0.3 is 0 Å². The standard InChI is InChI=1S/C18H14Cl2O4/c19-13-5-1-11(2-6-13)9-15(17(21)22)16(18(23)24)10-12-3-7-14(20)8-4-12/h1-8H,9-10H2,(H,21,22)(H,23,24)/p-2/b16-15-. The van der Waals surface area contributed by atoms with Crippen LogP contribution in [0, 0.1) is 0 Å². The minimum absolute atomic E-state index is 0.101. The lowest BCUT2D eigenvalue weighted by Crippen LogP contribution is -2.33. The largest absolute Gasteiger partial charge is 0.545 e. The van der Waals surface area contributed by atoms with E-state index in [1.807, 2.05) is 0 Å². The zero-order chi connectivity index (χ0) is 17.7. The van der Waals surface area contributed by atoms with Gasteiger partial charge in [0.25, 0.3) is 0 Å². The molecule has 0 saturated carbocycles. The van der Waals surface area contributed by atoms with Crippen molar-refractivity contribution in [3.05, 3.63) is 80.8 Å². The molecule has 0 radical (unpaired) electrons. The van der Waals surface area contributed by atoms with Crippen LogP contribution in [0.3, 0.4) is 0 Å². The van der Waals surface area contributed by atoms with Gasteiger partial charge < -0.3 is 19.8 Å². The molecule has 0 aliphatic rings. The molecule has 0 heterocycles. The van der Waals surface area contributed by atoms with E-state index in [9.17, 15) is 19.8 Å². The van der Waals surface area contributed by atoms with E-state index in [1.54, 1.807) is 48.5 Å². The van der Waals surface area contributed by atoms with Gasteiger partial charge in [0.1, 0.15) is 0 Å².